The van der Waals surface area contributed by atoms with E-state index in [1.807, 2.05) is 55.6 Å². The van der Waals surface area contributed by atoms with Crippen LogP contribution in [0.1, 0.15) is 18.1 Å². The molecule has 0 spiro atoms. The number of rotatable bonds is 6. The number of ether oxygens (including phenoxy) is 2. The molecule has 0 N–H and O–H groups in total. The van der Waals surface area contributed by atoms with E-state index in [1.165, 1.54) is 11.8 Å². The van der Waals surface area contributed by atoms with E-state index < -0.39 is 0 Å². The maximum Gasteiger partial charge on any atom is 0.244 e. The summed E-state index contributed by atoms with van der Waals surface area (Å²) in [6, 6.07) is 13.7. The van der Waals surface area contributed by atoms with Crippen LogP contribution in [0.4, 0.5) is 0 Å². The van der Waals surface area contributed by atoms with Crippen molar-refractivity contribution in [3.8, 4) is 11.5 Å². The highest BCUT2D eigenvalue weighted by atomic mass is 79.9. The molecule has 140 valence electrons. The second kappa shape index (κ2) is 9.48. The minimum absolute atomic E-state index is 0.0437. The van der Waals surface area contributed by atoms with Crippen LogP contribution in [0.2, 0.25) is 0 Å². The maximum absolute atomic E-state index is 12.1. The lowest BCUT2D eigenvalue weighted by Gasteiger charge is -2.15. The Kier molecular flexibility index (Phi) is 7.04. The second-order valence-electron chi connectivity index (χ2n) is 5.54. The molecule has 0 radical (unpaired) electrons. The average Bonchev–Trinajstić information content (AvgIpc) is 3.02. The minimum Gasteiger partial charge on any atom is -0.490 e. The molecular formula is C20H18BrNO3S2. The molecule has 7 heteroatoms. The normalized spacial score (nSPS) is 15.1. The van der Waals surface area contributed by atoms with E-state index in [-0.39, 0.29) is 5.12 Å². The molecule has 0 saturated carbocycles. The van der Waals surface area contributed by atoms with E-state index in [4.69, 9.17) is 9.47 Å². The third-order valence-electron chi connectivity index (χ3n) is 3.64. The van der Waals surface area contributed by atoms with Crippen molar-refractivity contribution in [1.29, 1.82) is 0 Å². The summed E-state index contributed by atoms with van der Waals surface area (Å²) in [6.07, 6.45) is 3.68. The van der Waals surface area contributed by atoms with Gasteiger partial charge < -0.3 is 9.47 Å². The van der Waals surface area contributed by atoms with Crippen molar-refractivity contribution >= 4 is 55.0 Å². The van der Waals surface area contributed by atoms with Gasteiger partial charge in [0.1, 0.15) is 16.7 Å². The van der Waals surface area contributed by atoms with Gasteiger partial charge >= 0.3 is 0 Å². The number of aliphatic imine (C=N–C) groups is 1. The quantitative estimate of drug-likeness (QED) is 0.509. The van der Waals surface area contributed by atoms with Crippen LogP contribution >= 0.6 is 39.5 Å². The van der Waals surface area contributed by atoms with Crippen molar-refractivity contribution in [2.24, 2.45) is 4.99 Å². The van der Waals surface area contributed by atoms with E-state index in [0.29, 0.717) is 30.4 Å². The minimum atomic E-state index is -0.0437. The van der Waals surface area contributed by atoms with Crippen LogP contribution in [0.25, 0.3) is 6.08 Å². The SMILES string of the molecule is CCOc1cc(C=C2N=C(SC)SC2=O)cc(Br)c1OCc1ccccc1. The van der Waals surface area contributed by atoms with Crippen molar-refractivity contribution in [2.75, 3.05) is 12.9 Å². The third kappa shape index (κ3) is 5.18. The van der Waals surface area contributed by atoms with Gasteiger partial charge in [-0.05, 0) is 70.2 Å². The lowest BCUT2D eigenvalue weighted by Crippen LogP contribution is -2.01. The summed E-state index contributed by atoms with van der Waals surface area (Å²) < 4.78 is 13.3. The van der Waals surface area contributed by atoms with E-state index in [0.717, 1.165) is 31.7 Å². The van der Waals surface area contributed by atoms with E-state index in [1.54, 1.807) is 6.08 Å². The predicted octanol–water partition coefficient (Wildman–Crippen LogP) is 5.76. The molecule has 4 nitrogen and oxygen atoms in total. The molecule has 0 unspecified atom stereocenters. The highest BCUT2D eigenvalue weighted by Gasteiger charge is 2.22. The number of hydrogen-bond acceptors (Lipinski definition) is 6. The maximum atomic E-state index is 12.1. The van der Waals surface area contributed by atoms with Gasteiger partial charge in [-0.15, -0.1) is 11.8 Å². The summed E-state index contributed by atoms with van der Waals surface area (Å²) in [5.41, 5.74) is 2.34. The van der Waals surface area contributed by atoms with Crippen LogP contribution < -0.4 is 9.47 Å². The molecule has 0 atom stereocenters. The third-order valence-corrected chi connectivity index (χ3v) is 6.08. The molecule has 0 fully saturated rings. The van der Waals surface area contributed by atoms with Gasteiger partial charge in [-0.1, -0.05) is 30.3 Å². The number of carbonyl (C=O) groups is 1. The molecule has 1 heterocycles. The van der Waals surface area contributed by atoms with Crippen LogP contribution in [0.15, 0.2) is 57.6 Å². The molecule has 1 aliphatic heterocycles. The van der Waals surface area contributed by atoms with Gasteiger partial charge in [-0.25, -0.2) is 4.99 Å². The molecule has 2 aromatic rings. The predicted molar refractivity (Wildman–Crippen MR) is 118 cm³/mol. The monoisotopic (exact) mass is 463 g/mol. The lowest BCUT2D eigenvalue weighted by atomic mass is 10.1. The smallest absolute Gasteiger partial charge is 0.244 e. The Morgan fingerprint density at radius 2 is 2.00 bits per heavy atom. The van der Waals surface area contributed by atoms with Crippen molar-refractivity contribution in [3.63, 3.8) is 0 Å². The fourth-order valence-corrected chi connectivity index (χ4v) is 4.27. The summed E-state index contributed by atoms with van der Waals surface area (Å²) in [6.45, 7) is 2.88. The summed E-state index contributed by atoms with van der Waals surface area (Å²) in [7, 11) is 0. The standard InChI is InChI=1S/C20H18BrNO3S2/c1-3-24-17-11-14(10-16-19(23)27-20(22-16)26-2)9-15(21)18(17)25-12-13-7-5-4-6-8-13/h4-11H,3,12H2,1-2H3. The first-order valence-corrected chi connectivity index (χ1v) is 11.1. The van der Waals surface area contributed by atoms with Gasteiger partial charge in [-0.3, -0.25) is 4.79 Å². The summed E-state index contributed by atoms with van der Waals surface area (Å²) in [4.78, 5) is 16.4. The Labute approximate surface area is 175 Å². The summed E-state index contributed by atoms with van der Waals surface area (Å²) >= 11 is 6.20. The zero-order valence-electron chi connectivity index (χ0n) is 14.9. The highest BCUT2D eigenvalue weighted by molar-refractivity contribution is 9.10. The fraction of sp³-hybridized carbons (Fsp3) is 0.200. The van der Waals surface area contributed by atoms with Crippen LogP contribution in [-0.4, -0.2) is 22.4 Å². The average molecular weight is 464 g/mol. The Hall–Kier alpha value is -1.70. The first kappa shape index (κ1) is 20.0. The number of carbonyl (C=O) groups excluding carboxylic acids is 1. The number of nitrogens with zero attached hydrogens (tertiary/aromatic N) is 1. The van der Waals surface area contributed by atoms with Gasteiger partial charge in [0, 0.05) is 0 Å². The molecule has 3 rings (SSSR count). The van der Waals surface area contributed by atoms with Crippen molar-refractivity contribution in [3.05, 3.63) is 63.8 Å². The van der Waals surface area contributed by atoms with E-state index in [9.17, 15) is 4.79 Å². The summed E-state index contributed by atoms with van der Waals surface area (Å²) in [5, 5.41) is -0.0437. The molecule has 2 aromatic carbocycles. The topological polar surface area (TPSA) is 47.9 Å². The first-order valence-electron chi connectivity index (χ1n) is 8.30. The van der Waals surface area contributed by atoms with E-state index >= 15 is 0 Å². The molecule has 1 aliphatic rings. The molecular weight excluding hydrogens is 446 g/mol. The molecule has 0 saturated heterocycles. The number of halogens is 1. The van der Waals surface area contributed by atoms with Gasteiger partial charge in [0.25, 0.3) is 0 Å². The molecule has 0 aliphatic carbocycles. The Bertz CT molecular complexity index is 898. The van der Waals surface area contributed by atoms with Crippen molar-refractivity contribution in [2.45, 2.75) is 13.5 Å². The van der Waals surface area contributed by atoms with Gasteiger partial charge in [0.05, 0.1) is 11.1 Å². The molecule has 0 amide bonds. The second-order valence-corrected chi connectivity index (χ2v) is 8.41. The van der Waals surface area contributed by atoms with Gasteiger partial charge in [0.2, 0.25) is 5.12 Å². The Morgan fingerprint density at radius 1 is 1.22 bits per heavy atom. The first-order chi connectivity index (χ1) is 13.1. The van der Waals surface area contributed by atoms with Crippen LogP contribution in [0.3, 0.4) is 0 Å². The summed E-state index contributed by atoms with van der Waals surface area (Å²) in [5.74, 6) is 1.27. The number of hydrogen-bond donors (Lipinski definition) is 0. The molecule has 0 aromatic heterocycles. The zero-order valence-corrected chi connectivity index (χ0v) is 18.1. The molecule has 0 bridgehead atoms. The van der Waals surface area contributed by atoms with Crippen LogP contribution in [-0.2, 0) is 11.4 Å². The zero-order chi connectivity index (χ0) is 19.2. The van der Waals surface area contributed by atoms with Crippen molar-refractivity contribution in [1.82, 2.24) is 0 Å². The van der Waals surface area contributed by atoms with Crippen LogP contribution in [0.5, 0.6) is 11.5 Å². The lowest BCUT2D eigenvalue weighted by molar-refractivity contribution is -0.107. The van der Waals surface area contributed by atoms with Gasteiger partial charge in [0.15, 0.2) is 11.5 Å². The highest BCUT2D eigenvalue weighted by Crippen LogP contribution is 2.39. The fourth-order valence-electron chi connectivity index (χ4n) is 2.44. The Morgan fingerprint density at radius 3 is 2.67 bits per heavy atom. The number of thioether (sulfide) groups is 2. The Balaban J connectivity index is 1.88. The molecule has 27 heavy (non-hydrogen) atoms. The van der Waals surface area contributed by atoms with Crippen LogP contribution in [0, 0.1) is 0 Å². The largest absolute Gasteiger partial charge is 0.490 e. The van der Waals surface area contributed by atoms with E-state index in [2.05, 4.69) is 20.9 Å². The van der Waals surface area contributed by atoms with Gasteiger partial charge in [-0.2, -0.15) is 0 Å². The van der Waals surface area contributed by atoms with Crippen molar-refractivity contribution < 1.29 is 14.3 Å². The number of benzene rings is 2.